The summed E-state index contributed by atoms with van der Waals surface area (Å²) in [5.41, 5.74) is 1.06. The van der Waals surface area contributed by atoms with E-state index in [1.807, 2.05) is 20.3 Å². The Kier molecular flexibility index (Phi) is 2.79. The highest BCUT2D eigenvalue weighted by Crippen LogP contribution is 2.11. The van der Waals surface area contributed by atoms with Gasteiger partial charge < -0.3 is 5.32 Å². The quantitative estimate of drug-likeness (QED) is 0.713. The van der Waals surface area contributed by atoms with Crippen molar-refractivity contribution in [1.29, 1.82) is 0 Å². The van der Waals surface area contributed by atoms with Gasteiger partial charge in [0, 0.05) is 38.9 Å². The largest absolute Gasteiger partial charge is 0.316 e. The number of nitrogens with one attached hydrogen (secondary N) is 1. The van der Waals surface area contributed by atoms with E-state index in [0.29, 0.717) is 6.04 Å². The lowest BCUT2D eigenvalue weighted by molar-refractivity contribution is 0.318. The molecule has 1 aliphatic rings. The molecular weight excluding hydrogens is 178 g/mol. The van der Waals surface area contributed by atoms with Crippen LogP contribution in [0.15, 0.2) is 6.20 Å². The molecule has 1 aromatic rings. The minimum atomic E-state index is 0.645. The molecule has 1 aliphatic heterocycles. The SMILES string of the molecule is CNC1CCN(Cc2cn(C)nn2)C1. The van der Waals surface area contributed by atoms with Gasteiger partial charge >= 0.3 is 0 Å². The van der Waals surface area contributed by atoms with Crippen molar-refractivity contribution in [2.75, 3.05) is 20.1 Å². The molecule has 2 heterocycles. The summed E-state index contributed by atoms with van der Waals surface area (Å²) in [5.74, 6) is 0. The maximum absolute atomic E-state index is 4.08. The van der Waals surface area contributed by atoms with Gasteiger partial charge in [-0.25, -0.2) is 0 Å². The van der Waals surface area contributed by atoms with E-state index in [1.165, 1.54) is 6.42 Å². The molecule has 0 saturated carbocycles. The topological polar surface area (TPSA) is 46.0 Å². The van der Waals surface area contributed by atoms with Gasteiger partial charge in [-0.05, 0) is 13.5 Å². The van der Waals surface area contributed by atoms with E-state index in [0.717, 1.165) is 25.3 Å². The number of aryl methyl sites for hydroxylation is 1. The zero-order valence-electron chi connectivity index (χ0n) is 8.77. The summed E-state index contributed by atoms with van der Waals surface area (Å²) in [6.07, 6.45) is 3.21. The Morgan fingerprint density at radius 1 is 1.64 bits per heavy atom. The molecule has 78 valence electrons. The average Bonchev–Trinajstić information content (AvgIpc) is 2.76. The Bertz CT molecular complexity index is 295. The number of likely N-dealkylation sites (tertiary alicyclic amines) is 1. The van der Waals surface area contributed by atoms with Gasteiger partial charge in [-0.2, -0.15) is 0 Å². The van der Waals surface area contributed by atoms with Crippen LogP contribution in [0.3, 0.4) is 0 Å². The lowest BCUT2D eigenvalue weighted by Crippen LogP contribution is -2.29. The minimum Gasteiger partial charge on any atom is -0.316 e. The molecule has 0 amide bonds. The van der Waals surface area contributed by atoms with Crippen LogP contribution in [-0.4, -0.2) is 46.1 Å². The van der Waals surface area contributed by atoms with Crippen molar-refractivity contribution >= 4 is 0 Å². The zero-order chi connectivity index (χ0) is 9.97. The predicted octanol–water partition coefficient (Wildman–Crippen LogP) is -0.391. The van der Waals surface area contributed by atoms with Gasteiger partial charge in [0.05, 0.1) is 5.69 Å². The molecule has 1 unspecified atom stereocenters. The number of hydrogen-bond acceptors (Lipinski definition) is 4. The molecule has 1 fully saturated rings. The Morgan fingerprint density at radius 3 is 3.07 bits per heavy atom. The normalized spacial score (nSPS) is 23.1. The first kappa shape index (κ1) is 9.61. The van der Waals surface area contributed by atoms with Crippen molar-refractivity contribution < 1.29 is 0 Å². The van der Waals surface area contributed by atoms with E-state index in [-0.39, 0.29) is 0 Å². The molecule has 1 aromatic heterocycles. The van der Waals surface area contributed by atoms with Crippen LogP contribution in [0.25, 0.3) is 0 Å². The van der Waals surface area contributed by atoms with Crippen molar-refractivity contribution in [3.8, 4) is 0 Å². The van der Waals surface area contributed by atoms with Gasteiger partial charge in [-0.15, -0.1) is 5.10 Å². The third kappa shape index (κ3) is 2.10. The number of nitrogens with zero attached hydrogens (tertiary/aromatic N) is 4. The second-order valence-electron chi connectivity index (χ2n) is 3.89. The average molecular weight is 195 g/mol. The molecule has 0 aliphatic carbocycles. The van der Waals surface area contributed by atoms with E-state index >= 15 is 0 Å². The fourth-order valence-electron chi connectivity index (χ4n) is 1.91. The van der Waals surface area contributed by atoms with Gasteiger partial charge in [-0.1, -0.05) is 5.21 Å². The first-order valence-electron chi connectivity index (χ1n) is 5.03. The summed E-state index contributed by atoms with van der Waals surface area (Å²) in [4.78, 5) is 2.41. The number of rotatable bonds is 3. The summed E-state index contributed by atoms with van der Waals surface area (Å²) >= 11 is 0. The molecule has 2 rings (SSSR count). The summed E-state index contributed by atoms with van der Waals surface area (Å²) < 4.78 is 1.75. The highest BCUT2D eigenvalue weighted by molar-refractivity contribution is 4.93. The summed E-state index contributed by atoms with van der Waals surface area (Å²) in [6, 6.07) is 0.645. The first-order valence-corrected chi connectivity index (χ1v) is 5.03. The van der Waals surface area contributed by atoms with Crippen LogP contribution in [-0.2, 0) is 13.6 Å². The second-order valence-corrected chi connectivity index (χ2v) is 3.89. The fourth-order valence-corrected chi connectivity index (χ4v) is 1.91. The van der Waals surface area contributed by atoms with Crippen LogP contribution >= 0.6 is 0 Å². The summed E-state index contributed by atoms with van der Waals surface area (Å²) in [7, 11) is 3.92. The molecule has 1 saturated heterocycles. The molecule has 5 heteroatoms. The molecule has 14 heavy (non-hydrogen) atoms. The Labute approximate surface area is 84.1 Å². The van der Waals surface area contributed by atoms with Crippen LogP contribution in [0.2, 0.25) is 0 Å². The molecule has 0 radical (unpaired) electrons. The van der Waals surface area contributed by atoms with Crippen LogP contribution in [0, 0.1) is 0 Å². The number of likely N-dealkylation sites (N-methyl/N-ethyl adjacent to an activating group) is 1. The van der Waals surface area contributed by atoms with E-state index in [9.17, 15) is 0 Å². The summed E-state index contributed by atoms with van der Waals surface area (Å²) in [6.45, 7) is 3.20. The molecule has 5 nitrogen and oxygen atoms in total. The van der Waals surface area contributed by atoms with Crippen LogP contribution in [0.4, 0.5) is 0 Å². The van der Waals surface area contributed by atoms with E-state index in [4.69, 9.17) is 0 Å². The Hall–Kier alpha value is -0.940. The van der Waals surface area contributed by atoms with E-state index < -0.39 is 0 Å². The molecule has 0 spiro atoms. The van der Waals surface area contributed by atoms with Crippen LogP contribution in [0.5, 0.6) is 0 Å². The van der Waals surface area contributed by atoms with Gasteiger partial charge in [-0.3, -0.25) is 9.58 Å². The molecule has 1 atom stereocenters. The summed E-state index contributed by atoms with van der Waals surface area (Å²) in [5, 5.41) is 11.3. The smallest absolute Gasteiger partial charge is 0.0967 e. The van der Waals surface area contributed by atoms with Crippen LogP contribution < -0.4 is 5.32 Å². The second kappa shape index (κ2) is 4.06. The number of hydrogen-bond donors (Lipinski definition) is 1. The third-order valence-electron chi connectivity index (χ3n) is 2.72. The third-order valence-corrected chi connectivity index (χ3v) is 2.72. The van der Waals surface area contributed by atoms with Crippen molar-refractivity contribution in [3.63, 3.8) is 0 Å². The van der Waals surface area contributed by atoms with Gasteiger partial charge in [0.1, 0.15) is 0 Å². The van der Waals surface area contributed by atoms with E-state index in [1.54, 1.807) is 4.68 Å². The molecule has 0 bridgehead atoms. The molecule has 1 N–H and O–H groups in total. The molecule has 0 aromatic carbocycles. The van der Waals surface area contributed by atoms with Crippen molar-refractivity contribution in [3.05, 3.63) is 11.9 Å². The first-order chi connectivity index (χ1) is 6.78. The monoisotopic (exact) mass is 195 g/mol. The van der Waals surface area contributed by atoms with Crippen molar-refractivity contribution in [2.45, 2.75) is 19.0 Å². The van der Waals surface area contributed by atoms with Gasteiger partial charge in [0.2, 0.25) is 0 Å². The standard InChI is InChI=1S/C9H17N5/c1-10-8-3-4-14(6-8)7-9-5-13(2)12-11-9/h5,8,10H,3-4,6-7H2,1-2H3. The Balaban J connectivity index is 1.87. The predicted molar refractivity (Wildman–Crippen MR) is 53.7 cm³/mol. The maximum atomic E-state index is 4.08. The lowest BCUT2D eigenvalue weighted by Gasteiger charge is -2.13. The van der Waals surface area contributed by atoms with Crippen molar-refractivity contribution in [2.24, 2.45) is 7.05 Å². The van der Waals surface area contributed by atoms with Gasteiger partial charge in [0.25, 0.3) is 0 Å². The van der Waals surface area contributed by atoms with Crippen molar-refractivity contribution in [1.82, 2.24) is 25.2 Å². The fraction of sp³-hybridized carbons (Fsp3) is 0.778. The zero-order valence-corrected chi connectivity index (χ0v) is 8.77. The highest BCUT2D eigenvalue weighted by atomic mass is 15.4. The maximum Gasteiger partial charge on any atom is 0.0967 e. The highest BCUT2D eigenvalue weighted by Gasteiger charge is 2.21. The number of aromatic nitrogens is 3. The molecular formula is C9H17N5. The minimum absolute atomic E-state index is 0.645. The van der Waals surface area contributed by atoms with E-state index in [2.05, 4.69) is 20.5 Å². The Morgan fingerprint density at radius 2 is 2.50 bits per heavy atom. The lowest BCUT2D eigenvalue weighted by atomic mass is 10.3. The van der Waals surface area contributed by atoms with Crippen LogP contribution in [0.1, 0.15) is 12.1 Å². The van der Waals surface area contributed by atoms with Gasteiger partial charge in [0.15, 0.2) is 0 Å².